The van der Waals surface area contributed by atoms with Gasteiger partial charge >= 0.3 is 6.09 Å². The predicted molar refractivity (Wildman–Crippen MR) is 151 cm³/mol. The van der Waals surface area contributed by atoms with E-state index < -0.39 is 18.2 Å². The molecule has 2 atom stereocenters. The van der Waals surface area contributed by atoms with E-state index in [0.717, 1.165) is 16.7 Å². The normalized spacial score (nSPS) is 16.4. The molecule has 8 nitrogen and oxygen atoms in total. The molecule has 0 saturated carbocycles. The van der Waals surface area contributed by atoms with Crippen LogP contribution >= 0.6 is 0 Å². The Morgan fingerprint density at radius 3 is 2.40 bits per heavy atom. The number of nitrogens with one attached hydrogen (secondary N) is 1. The fraction of sp³-hybridized carbons (Fsp3) is 0.188. The number of aryl methyl sites for hydroxylation is 1. The molecule has 1 aromatic heterocycles. The first-order valence-corrected chi connectivity index (χ1v) is 13.0. The Kier molecular flexibility index (Phi) is 7.87. The molecule has 3 amide bonds. The van der Waals surface area contributed by atoms with Crippen molar-refractivity contribution < 1.29 is 19.1 Å². The number of likely N-dealkylation sites (N-methyl/N-ethyl adjacent to an activating group) is 1. The van der Waals surface area contributed by atoms with Crippen LogP contribution in [0.25, 0.3) is 0 Å². The van der Waals surface area contributed by atoms with Crippen LogP contribution in [0.3, 0.4) is 0 Å². The number of cyclic esters (lactones) is 1. The summed E-state index contributed by atoms with van der Waals surface area (Å²) in [5.74, 6) is -0.505. The van der Waals surface area contributed by atoms with Crippen molar-refractivity contribution >= 4 is 23.6 Å². The molecule has 1 fully saturated rings. The highest BCUT2D eigenvalue weighted by molar-refractivity contribution is 6.04. The third kappa shape index (κ3) is 6.02. The van der Waals surface area contributed by atoms with Crippen molar-refractivity contribution in [3.63, 3.8) is 0 Å². The molecular formula is C32H30N4O4. The molecule has 40 heavy (non-hydrogen) atoms. The van der Waals surface area contributed by atoms with Gasteiger partial charge in [-0.15, -0.1) is 0 Å². The van der Waals surface area contributed by atoms with E-state index in [9.17, 15) is 14.4 Å². The maximum atomic E-state index is 13.9. The zero-order chi connectivity index (χ0) is 28.1. The minimum atomic E-state index is -0.863. The molecular weight excluding hydrogens is 504 g/mol. The average Bonchev–Trinajstić information content (AvgIpc) is 3.29. The maximum absolute atomic E-state index is 13.9. The summed E-state index contributed by atoms with van der Waals surface area (Å²) in [6.45, 7) is 2.63. The molecule has 0 spiro atoms. The minimum absolute atomic E-state index is 0.221. The second-order valence-electron chi connectivity index (χ2n) is 9.86. The van der Waals surface area contributed by atoms with E-state index in [1.807, 2.05) is 61.5 Å². The van der Waals surface area contributed by atoms with Gasteiger partial charge in [-0.05, 0) is 47.9 Å². The van der Waals surface area contributed by atoms with Crippen molar-refractivity contribution in [3.05, 3.63) is 131 Å². The maximum Gasteiger partial charge on any atom is 0.411 e. The minimum Gasteiger partial charge on any atom is -0.438 e. The number of hydrogen-bond donors (Lipinski definition) is 1. The first kappa shape index (κ1) is 26.6. The second kappa shape index (κ2) is 11.8. The van der Waals surface area contributed by atoms with Gasteiger partial charge in [-0.25, -0.2) is 4.79 Å². The third-order valence-electron chi connectivity index (χ3n) is 6.83. The van der Waals surface area contributed by atoms with Gasteiger partial charge in [0.15, 0.2) is 12.1 Å². The Bertz CT molecular complexity index is 1490. The Labute approximate surface area is 233 Å². The summed E-state index contributed by atoms with van der Waals surface area (Å²) in [5.41, 5.74) is 4.63. The second-order valence-corrected chi connectivity index (χ2v) is 9.86. The van der Waals surface area contributed by atoms with E-state index >= 15 is 0 Å². The van der Waals surface area contributed by atoms with E-state index in [4.69, 9.17) is 4.74 Å². The molecule has 202 valence electrons. The topological polar surface area (TPSA) is 91.8 Å². The summed E-state index contributed by atoms with van der Waals surface area (Å²) >= 11 is 0. The quantitative estimate of drug-likeness (QED) is 0.329. The van der Waals surface area contributed by atoms with E-state index in [-0.39, 0.29) is 18.4 Å². The van der Waals surface area contributed by atoms with Crippen LogP contribution in [0.2, 0.25) is 0 Å². The highest BCUT2D eigenvalue weighted by Crippen LogP contribution is 2.35. The molecule has 1 N–H and O–H groups in total. The molecule has 4 aromatic rings. The lowest BCUT2D eigenvalue weighted by Crippen LogP contribution is -2.46. The number of pyridine rings is 1. The fourth-order valence-electron chi connectivity index (χ4n) is 4.82. The van der Waals surface area contributed by atoms with Gasteiger partial charge in [0.05, 0.1) is 12.1 Å². The Morgan fingerprint density at radius 2 is 1.70 bits per heavy atom. The third-order valence-corrected chi connectivity index (χ3v) is 6.83. The molecule has 8 heteroatoms. The molecule has 1 saturated heterocycles. The highest BCUT2D eigenvalue weighted by Gasteiger charge is 2.48. The number of carbonyl (C=O) groups excluding carboxylic acids is 3. The monoisotopic (exact) mass is 534 g/mol. The first-order valence-electron chi connectivity index (χ1n) is 13.0. The number of ether oxygens (including phenoxy) is 1. The molecule has 0 aliphatic carbocycles. The van der Waals surface area contributed by atoms with Crippen LogP contribution in [0.5, 0.6) is 0 Å². The van der Waals surface area contributed by atoms with E-state index in [1.54, 1.807) is 54.5 Å². The highest BCUT2D eigenvalue weighted by atomic mass is 16.6. The molecule has 3 aromatic carbocycles. The van der Waals surface area contributed by atoms with E-state index in [0.29, 0.717) is 23.4 Å². The fourth-order valence-corrected chi connectivity index (χ4v) is 4.82. The summed E-state index contributed by atoms with van der Waals surface area (Å²) in [6, 6.07) is 27.1. The average molecular weight is 535 g/mol. The summed E-state index contributed by atoms with van der Waals surface area (Å²) in [4.78, 5) is 46.7. The van der Waals surface area contributed by atoms with Gasteiger partial charge in [0.1, 0.15) is 0 Å². The van der Waals surface area contributed by atoms with Gasteiger partial charge in [0.25, 0.3) is 5.91 Å². The Morgan fingerprint density at radius 1 is 0.950 bits per heavy atom. The molecule has 1 aliphatic rings. The van der Waals surface area contributed by atoms with Crippen molar-refractivity contribution in [2.45, 2.75) is 32.2 Å². The number of amides is 3. The van der Waals surface area contributed by atoms with E-state index in [2.05, 4.69) is 10.3 Å². The molecule has 0 bridgehead atoms. The van der Waals surface area contributed by atoms with Gasteiger partial charge in [0, 0.05) is 31.7 Å². The number of nitrogens with zero attached hydrogens (tertiary/aromatic N) is 3. The van der Waals surface area contributed by atoms with Crippen LogP contribution in [0, 0.1) is 6.92 Å². The first-order chi connectivity index (χ1) is 19.4. The van der Waals surface area contributed by atoms with Crippen LogP contribution in [0.15, 0.2) is 103 Å². The Hall–Kier alpha value is -4.98. The van der Waals surface area contributed by atoms with E-state index in [1.165, 1.54) is 11.1 Å². The number of carbonyl (C=O) groups is 3. The zero-order valence-electron chi connectivity index (χ0n) is 22.4. The molecule has 1 aliphatic heterocycles. The molecule has 2 heterocycles. The largest absolute Gasteiger partial charge is 0.438 e. The van der Waals surface area contributed by atoms with Gasteiger partial charge in [-0.1, -0.05) is 72.3 Å². The zero-order valence-corrected chi connectivity index (χ0v) is 22.4. The van der Waals surface area contributed by atoms with Gasteiger partial charge in [0.2, 0.25) is 5.91 Å². The summed E-state index contributed by atoms with van der Waals surface area (Å²) in [7, 11) is 1.73. The van der Waals surface area contributed by atoms with Gasteiger partial charge < -0.3 is 15.0 Å². The SMILES string of the molecule is Cc1cccc(CN2C(=O)OC(c3ccc(NC(=O)c4cccnc4)cc3)C2C(=O)N(C)Cc2ccccc2)c1. The van der Waals surface area contributed by atoms with Crippen molar-refractivity contribution in [2.75, 3.05) is 12.4 Å². The standard InChI is InChI=1S/C32H30N4O4/c1-22-8-6-11-24(18-22)21-36-28(31(38)35(2)20-23-9-4-3-5-10-23)29(40-32(36)39)25-13-15-27(16-14-25)34-30(37)26-12-7-17-33-19-26/h3-19,28-29H,20-21H2,1-2H3,(H,34,37). The number of benzene rings is 3. The lowest BCUT2D eigenvalue weighted by atomic mass is 9.99. The molecule has 2 unspecified atom stereocenters. The lowest BCUT2D eigenvalue weighted by Gasteiger charge is -2.28. The van der Waals surface area contributed by atoms with Gasteiger partial charge in [-0.3, -0.25) is 19.5 Å². The summed E-state index contributed by atoms with van der Waals surface area (Å²) in [6.07, 6.45) is 1.73. The van der Waals surface area contributed by atoms with Crippen LogP contribution in [0.4, 0.5) is 10.5 Å². The smallest absolute Gasteiger partial charge is 0.411 e. The van der Waals surface area contributed by atoms with Gasteiger partial charge in [-0.2, -0.15) is 0 Å². The van der Waals surface area contributed by atoms with Crippen LogP contribution in [-0.2, 0) is 22.6 Å². The molecule has 5 rings (SSSR count). The number of rotatable bonds is 8. The summed E-state index contributed by atoms with van der Waals surface area (Å²) in [5, 5.41) is 2.84. The summed E-state index contributed by atoms with van der Waals surface area (Å²) < 4.78 is 5.83. The number of aromatic nitrogens is 1. The predicted octanol–water partition coefficient (Wildman–Crippen LogP) is 5.36. The molecule has 0 radical (unpaired) electrons. The number of hydrogen-bond acceptors (Lipinski definition) is 5. The van der Waals surface area contributed by atoms with Crippen LogP contribution in [0.1, 0.15) is 38.7 Å². The Balaban J connectivity index is 1.40. The lowest BCUT2D eigenvalue weighted by molar-refractivity contribution is -0.136. The number of anilines is 1. The van der Waals surface area contributed by atoms with Crippen molar-refractivity contribution in [1.29, 1.82) is 0 Å². The van der Waals surface area contributed by atoms with Crippen LogP contribution < -0.4 is 5.32 Å². The van der Waals surface area contributed by atoms with Crippen LogP contribution in [-0.4, -0.2) is 45.8 Å². The van der Waals surface area contributed by atoms with Crippen molar-refractivity contribution in [3.8, 4) is 0 Å². The van der Waals surface area contributed by atoms with Crippen molar-refractivity contribution in [1.82, 2.24) is 14.8 Å². The van der Waals surface area contributed by atoms with Crippen molar-refractivity contribution in [2.24, 2.45) is 0 Å².